The first-order chi connectivity index (χ1) is 12.4. The molecule has 0 aliphatic carbocycles. The maximum atomic E-state index is 12.5. The Labute approximate surface area is 156 Å². The molecule has 0 atom stereocenters. The molecule has 2 amide bonds. The van der Waals surface area contributed by atoms with E-state index in [0.717, 1.165) is 0 Å². The van der Waals surface area contributed by atoms with Crippen LogP contribution in [0.4, 0.5) is 5.69 Å². The van der Waals surface area contributed by atoms with Gasteiger partial charge in [0.15, 0.2) is 11.5 Å². The fourth-order valence-electron chi connectivity index (χ4n) is 2.22. The van der Waals surface area contributed by atoms with Gasteiger partial charge in [0.2, 0.25) is 5.91 Å². The van der Waals surface area contributed by atoms with Gasteiger partial charge in [-0.05, 0) is 42.0 Å². The van der Waals surface area contributed by atoms with Crippen LogP contribution in [0.15, 0.2) is 48.2 Å². The first-order valence-corrected chi connectivity index (χ1v) is 8.09. The van der Waals surface area contributed by atoms with Gasteiger partial charge in [0.05, 0.1) is 14.2 Å². The van der Waals surface area contributed by atoms with Crippen molar-refractivity contribution in [3.63, 3.8) is 0 Å². The summed E-state index contributed by atoms with van der Waals surface area (Å²) < 4.78 is 10.4. The molecule has 0 radical (unpaired) electrons. The molecule has 0 saturated heterocycles. The highest BCUT2D eigenvalue weighted by atomic mass is 35.5. The summed E-state index contributed by atoms with van der Waals surface area (Å²) in [6.07, 6.45) is 1.54. The molecule has 0 aliphatic rings. The molecule has 2 N–H and O–H groups in total. The van der Waals surface area contributed by atoms with Crippen LogP contribution in [0.3, 0.4) is 0 Å². The van der Waals surface area contributed by atoms with Crippen LogP contribution in [0.1, 0.15) is 12.5 Å². The summed E-state index contributed by atoms with van der Waals surface area (Å²) in [7, 11) is 3.06. The van der Waals surface area contributed by atoms with E-state index in [4.69, 9.17) is 21.1 Å². The van der Waals surface area contributed by atoms with Crippen molar-refractivity contribution in [3.05, 3.63) is 58.7 Å². The van der Waals surface area contributed by atoms with Crippen LogP contribution in [0, 0.1) is 0 Å². The van der Waals surface area contributed by atoms with E-state index >= 15 is 0 Å². The SMILES string of the molecule is COc1ccc(/C=C(\NC(C)=O)C(=O)Nc2cccc(Cl)c2)cc1OC. The van der Waals surface area contributed by atoms with Crippen LogP contribution < -0.4 is 20.1 Å². The summed E-state index contributed by atoms with van der Waals surface area (Å²) in [6.45, 7) is 1.33. The summed E-state index contributed by atoms with van der Waals surface area (Å²) in [6, 6.07) is 11.9. The van der Waals surface area contributed by atoms with Gasteiger partial charge in [-0.3, -0.25) is 9.59 Å². The number of ether oxygens (including phenoxy) is 2. The van der Waals surface area contributed by atoms with Crippen molar-refractivity contribution >= 4 is 35.2 Å². The van der Waals surface area contributed by atoms with Crippen molar-refractivity contribution in [2.24, 2.45) is 0 Å². The highest BCUT2D eigenvalue weighted by Crippen LogP contribution is 2.28. The van der Waals surface area contributed by atoms with Crippen LogP contribution in [-0.2, 0) is 9.59 Å². The predicted octanol–water partition coefficient (Wildman–Crippen LogP) is 3.47. The Hall–Kier alpha value is -2.99. The lowest BCUT2D eigenvalue weighted by Crippen LogP contribution is -2.28. The van der Waals surface area contributed by atoms with Gasteiger partial charge in [0, 0.05) is 17.6 Å². The zero-order chi connectivity index (χ0) is 19.1. The van der Waals surface area contributed by atoms with Crippen LogP contribution in [0.5, 0.6) is 11.5 Å². The number of carbonyl (C=O) groups is 2. The van der Waals surface area contributed by atoms with Gasteiger partial charge in [0.25, 0.3) is 5.91 Å². The number of amides is 2. The van der Waals surface area contributed by atoms with Gasteiger partial charge in [-0.25, -0.2) is 0 Å². The quantitative estimate of drug-likeness (QED) is 0.759. The Morgan fingerprint density at radius 2 is 1.77 bits per heavy atom. The van der Waals surface area contributed by atoms with Crippen molar-refractivity contribution in [2.45, 2.75) is 6.92 Å². The molecule has 26 heavy (non-hydrogen) atoms. The summed E-state index contributed by atoms with van der Waals surface area (Å²) in [5.74, 6) is 0.239. The van der Waals surface area contributed by atoms with E-state index < -0.39 is 5.91 Å². The maximum Gasteiger partial charge on any atom is 0.272 e. The van der Waals surface area contributed by atoms with Crippen LogP contribution >= 0.6 is 11.6 Å². The molecule has 0 bridgehead atoms. The van der Waals surface area contributed by atoms with E-state index in [-0.39, 0.29) is 11.6 Å². The van der Waals surface area contributed by atoms with Gasteiger partial charge in [-0.2, -0.15) is 0 Å². The Kier molecular flexibility index (Phi) is 6.63. The topological polar surface area (TPSA) is 76.7 Å². The van der Waals surface area contributed by atoms with Gasteiger partial charge in [-0.1, -0.05) is 23.7 Å². The normalized spacial score (nSPS) is 10.8. The Balaban J connectivity index is 2.32. The van der Waals surface area contributed by atoms with E-state index in [1.54, 1.807) is 48.5 Å². The monoisotopic (exact) mass is 374 g/mol. The standard InChI is InChI=1S/C19H19ClN2O4/c1-12(23)21-16(19(24)22-15-6-4-5-14(20)11-15)9-13-7-8-17(25-2)18(10-13)26-3/h4-11H,1-3H3,(H,21,23)(H,22,24)/b16-9-. The summed E-state index contributed by atoms with van der Waals surface area (Å²) >= 11 is 5.92. The molecule has 0 fully saturated rings. The minimum absolute atomic E-state index is 0.0877. The van der Waals surface area contributed by atoms with Gasteiger partial charge >= 0.3 is 0 Å². The van der Waals surface area contributed by atoms with E-state index in [1.165, 1.54) is 21.1 Å². The van der Waals surface area contributed by atoms with Crippen LogP contribution in [0.25, 0.3) is 6.08 Å². The number of hydrogen-bond donors (Lipinski definition) is 2. The molecule has 0 saturated carbocycles. The van der Waals surface area contributed by atoms with Gasteiger partial charge in [0.1, 0.15) is 5.70 Å². The zero-order valence-electron chi connectivity index (χ0n) is 14.6. The average molecular weight is 375 g/mol. The number of anilines is 1. The van der Waals surface area contributed by atoms with Gasteiger partial charge in [-0.15, -0.1) is 0 Å². The lowest BCUT2D eigenvalue weighted by molar-refractivity contribution is -0.120. The fraction of sp³-hybridized carbons (Fsp3) is 0.158. The molecule has 0 aromatic heterocycles. The molecule has 0 spiro atoms. The largest absolute Gasteiger partial charge is 0.493 e. The Morgan fingerprint density at radius 1 is 1.04 bits per heavy atom. The van der Waals surface area contributed by atoms with Crippen LogP contribution in [0.2, 0.25) is 5.02 Å². The van der Waals surface area contributed by atoms with Crippen molar-refractivity contribution in [3.8, 4) is 11.5 Å². The van der Waals surface area contributed by atoms with Crippen LogP contribution in [-0.4, -0.2) is 26.0 Å². The predicted molar refractivity (Wildman–Crippen MR) is 101 cm³/mol. The third-order valence-corrected chi connectivity index (χ3v) is 3.59. The van der Waals surface area contributed by atoms with E-state index in [9.17, 15) is 9.59 Å². The second-order valence-electron chi connectivity index (χ2n) is 5.32. The minimum atomic E-state index is -0.475. The molecular weight excluding hydrogens is 356 g/mol. The highest BCUT2D eigenvalue weighted by Gasteiger charge is 2.13. The molecular formula is C19H19ClN2O4. The molecule has 0 unspecified atom stereocenters. The number of hydrogen-bond acceptors (Lipinski definition) is 4. The molecule has 0 heterocycles. The lowest BCUT2D eigenvalue weighted by atomic mass is 10.1. The molecule has 7 heteroatoms. The number of benzene rings is 2. The molecule has 136 valence electrons. The van der Waals surface area contributed by atoms with E-state index in [2.05, 4.69) is 10.6 Å². The second kappa shape index (κ2) is 8.92. The fourth-order valence-corrected chi connectivity index (χ4v) is 2.41. The van der Waals surface area contributed by atoms with Gasteiger partial charge < -0.3 is 20.1 Å². The molecule has 2 aromatic rings. The number of nitrogens with one attached hydrogen (secondary N) is 2. The van der Waals surface area contributed by atoms with Crippen molar-refractivity contribution in [2.75, 3.05) is 19.5 Å². The average Bonchev–Trinajstić information content (AvgIpc) is 2.60. The first kappa shape index (κ1) is 19.3. The third kappa shape index (κ3) is 5.26. The number of carbonyl (C=O) groups excluding carboxylic acids is 2. The van der Waals surface area contributed by atoms with Crippen molar-refractivity contribution in [1.29, 1.82) is 0 Å². The number of methoxy groups -OCH3 is 2. The summed E-state index contributed by atoms with van der Waals surface area (Å²) in [5, 5.41) is 5.72. The zero-order valence-corrected chi connectivity index (χ0v) is 15.4. The molecule has 6 nitrogen and oxygen atoms in total. The first-order valence-electron chi connectivity index (χ1n) is 7.71. The third-order valence-electron chi connectivity index (χ3n) is 3.36. The number of halogens is 1. The minimum Gasteiger partial charge on any atom is -0.493 e. The molecule has 2 aromatic carbocycles. The number of rotatable bonds is 6. The smallest absolute Gasteiger partial charge is 0.272 e. The highest BCUT2D eigenvalue weighted by molar-refractivity contribution is 6.31. The second-order valence-corrected chi connectivity index (χ2v) is 5.75. The molecule has 2 rings (SSSR count). The van der Waals surface area contributed by atoms with Crippen molar-refractivity contribution < 1.29 is 19.1 Å². The lowest BCUT2D eigenvalue weighted by Gasteiger charge is -2.11. The van der Waals surface area contributed by atoms with Crippen molar-refractivity contribution in [1.82, 2.24) is 5.32 Å². The summed E-state index contributed by atoms with van der Waals surface area (Å²) in [4.78, 5) is 24.0. The molecule has 0 aliphatic heterocycles. The Morgan fingerprint density at radius 3 is 2.38 bits per heavy atom. The maximum absolute atomic E-state index is 12.5. The van der Waals surface area contributed by atoms with E-state index in [1.807, 2.05) is 0 Å². The van der Waals surface area contributed by atoms with E-state index in [0.29, 0.717) is 27.8 Å². The Bertz CT molecular complexity index is 849. The summed E-state index contributed by atoms with van der Waals surface area (Å²) in [5.41, 5.74) is 1.27.